The van der Waals surface area contributed by atoms with E-state index in [9.17, 15) is 13.2 Å². The van der Waals surface area contributed by atoms with Crippen LogP contribution in [0.2, 0.25) is 0 Å². The maximum atomic E-state index is 12.1. The van der Waals surface area contributed by atoms with Gasteiger partial charge in [0.25, 0.3) is 0 Å². The van der Waals surface area contributed by atoms with E-state index >= 15 is 0 Å². The van der Waals surface area contributed by atoms with Crippen LogP contribution in [0.4, 0.5) is 0 Å². The van der Waals surface area contributed by atoms with E-state index in [-0.39, 0.29) is 18.9 Å². The molecule has 1 saturated heterocycles. The number of benzene rings is 1. The Morgan fingerprint density at radius 3 is 2.32 bits per heavy atom. The second-order valence-electron chi connectivity index (χ2n) is 5.23. The lowest BCUT2D eigenvalue weighted by Gasteiger charge is -2.36. The topological polar surface area (TPSA) is 54.5 Å². The predicted molar refractivity (Wildman–Crippen MR) is 74.4 cm³/mol. The van der Waals surface area contributed by atoms with Crippen LogP contribution in [0.1, 0.15) is 25.8 Å². The summed E-state index contributed by atoms with van der Waals surface area (Å²) in [5.41, 5.74) is 0.422. The Morgan fingerprint density at radius 2 is 1.84 bits per heavy atom. The fourth-order valence-electron chi connectivity index (χ4n) is 2.41. The highest BCUT2D eigenvalue weighted by Crippen LogP contribution is 2.34. The van der Waals surface area contributed by atoms with E-state index in [1.54, 1.807) is 4.90 Å². The lowest BCUT2D eigenvalue weighted by atomic mass is 9.92. The van der Waals surface area contributed by atoms with Crippen LogP contribution in [0.3, 0.4) is 0 Å². The molecule has 19 heavy (non-hydrogen) atoms. The normalized spacial score (nSPS) is 20.9. The molecule has 4 nitrogen and oxygen atoms in total. The third-order valence-corrected chi connectivity index (χ3v) is 5.51. The molecule has 6 heteroatoms. The van der Waals surface area contributed by atoms with E-state index in [1.165, 1.54) is 0 Å². The van der Waals surface area contributed by atoms with Gasteiger partial charge in [0.1, 0.15) is 5.25 Å². The van der Waals surface area contributed by atoms with Crippen LogP contribution < -0.4 is 0 Å². The lowest BCUT2D eigenvalue weighted by molar-refractivity contribution is -0.132. The van der Waals surface area contributed by atoms with Gasteiger partial charge in [-0.05, 0) is 19.4 Å². The maximum absolute atomic E-state index is 12.1. The van der Waals surface area contributed by atoms with Crippen LogP contribution in [-0.4, -0.2) is 31.0 Å². The zero-order chi connectivity index (χ0) is 14.3. The van der Waals surface area contributed by atoms with Gasteiger partial charge in [-0.15, -0.1) is 0 Å². The van der Waals surface area contributed by atoms with Gasteiger partial charge < -0.3 is 4.90 Å². The van der Waals surface area contributed by atoms with E-state index in [2.05, 4.69) is 0 Å². The first-order valence-electron chi connectivity index (χ1n) is 6.02. The molecule has 1 unspecified atom stereocenters. The quantitative estimate of drug-likeness (QED) is 0.803. The van der Waals surface area contributed by atoms with Gasteiger partial charge in [-0.1, -0.05) is 30.3 Å². The SMILES string of the molecule is CC(C)(c1ccccc1)N1CC(S(=O)(=O)Cl)CC1=O. The summed E-state index contributed by atoms with van der Waals surface area (Å²) in [5.74, 6) is -0.178. The van der Waals surface area contributed by atoms with Crippen molar-refractivity contribution in [2.45, 2.75) is 31.1 Å². The average Bonchev–Trinajstić information content (AvgIpc) is 2.73. The molecule has 1 heterocycles. The van der Waals surface area contributed by atoms with Crippen molar-refractivity contribution in [3.63, 3.8) is 0 Å². The number of rotatable bonds is 3. The highest BCUT2D eigenvalue weighted by molar-refractivity contribution is 8.14. The van der Waals surface area contributed by atoms with Gasteiger partial charge in [-0.3, -0.25) is 4.79 Å². The van der Waals surface area contributed by atoms with Gasteiger partial charge in [0.15, 0.2) is 0 Å². The van der Waals surface area contributed by atoms with Crippen molar-refractivity contribution < 1.29 is 13.2 Å². The molecular weight excluding hydrogens is 286 g/mol. The largest absolute Gasteiger partial charge is 0.332 e. The molecule has 1 amide bonds. The minimum atomic E-state index is -3.70. The van der Waals surface area contributed by atoms with E-state index in [1.807, 2.05) is 44.2 Å². The molecule has 0 radical (unpaired) electrons. The van der Waals surface area contributed by atoms with Gasteiger partial charge >= 0.3 is 0 Å². The number of likely N-dealkylation sites (tertiary alicyclic amines) is 1. The molecule has 1 aliphatic rings. The van der Waals surface area contributed by atoms with Crippen LogP contribution in [0, 0.1) is 0 Å². The molecule has 1 aromatic carbocycles. The first-order valence-corrected chi connectivity index (χ1v) is 8.39. The van der Waals surface area contributed by atoms with Crippen molar-refractivity contribution in [1.82, 2.24) is 4.90 Å². The Bertz CT molecular complexity index is 583. The van der Waals surface area contributed by atoms with Crippen LogP contribution in [-0.2, 0) is 19.4 Å². The van der Waals surface area contributed by atoms with Gasteiger partial charge in [0, 0.05) is 23.6 Å². The van der Waals surface area contributed by atoms with E-state index in [4.69, 9.17) is 10.7 Å². The second-order valence-corrected chi connectivity index (χ2v) is 8.14. The second kappa shape index (κ2) is 4.80. The van der Waals surface area contributed by atoms with Crippen LogP contribution in [0.5, 0.6) is 0 Å². The van der Waals surface area contributed by atoms with Gasteiger partial charge in [-0.2, -0.15) is 0 Å². The minimum absolute atomic E-state index is 0.0396. The van der Waals surface area contributed by atoms with Crippen molar-refractivity contribution in [2.24, 2.45) is 0 Å². The summed E-state index contributed by atoms with van der Waals surface area (Å²) < 4.78 is 22.7. The average molecular weight is 302 g/mol. The van der Waals surface area contributed by atoms with Crippen LogP contribution >= 0.6 is 10.7 Å². The highest BCUT2D eigenvalue weighted by atomic mass is 35.7. The smallest absolute Gasteiger partial charge is 0.237 e. The number of carbonyl (C=O) groups excluding carboxylic acids is 1. The van der Waals surface area contributed by atoms with Crippen molar-refractivity contribution >= 4 is 25.6 Å². The number of carbonyl (C=O) groups is 1. The monoisotopic (exact) mass is 301 g/mol. The summed E-state index contributed by atoms with van der Waals surface area (Å²) >= 11 is 0. The van der Waals surface area contributed by atoms with Gasteiger partial charge in [0.2, 0.25) is 15.0 Å². The lowest BCUT2D eigenvalue weighted by Crippen LogP contribution is -2.43. The third kappa shape index (κ3) is 2.77. The number of hydrogen-bond donors (Lipinski definition) is 0. The molecule has 0 spiro atoms. The zero-order valence-electron chi connectivity index (χ0n) is 10.8. The highest BCUT2D eigenvalue weighted by Gasteiger charge is 2.43. The summed E-state index contributed by atoms with van der Waals surface area (Å²) in [6.07, 6.45) is -0.0396. The number of halogens is 1. The molecule has 0 saturated carbocycles. The fraction of sp³-hybridized carbons (Fsp3) is 0.462. The number of amides is 1. The molecule has 0 aromatic heterocycles. The number of hydrogen-bond acceptors (Lipinski definition) is 3. The first-order chi connectivity index (χ1) is 8.73. The summed E-state index contributed by atoms with van der Waals surface area (Å²) in [6.45, 7) is 3.96. The van der Waals surface area contributed by atoms with E-state index in [0.29, 0.717) is 0 Å². The number of nitrogens with zero attached hydrogens (tertiary/aromatic N) is 1. The summed E-state index contributed by atoms with van der Waals surface area (Å²) in [5, 5.41) is -0.815. The standard InChI is InChI=1S/C13H16ClNO3S/c1-13(2,10-6-4-3-5-7-10)15-9-11(8-12(15)16)19(14,17)18/h3-7,11H,8-9H2,1-2H3. The molecule has 0 N–H and O–H groups in total. The Hall–Kier alpha value is -1.07. The third-order valence-electron chi connectivity index (χ3n) is 3.64. The molecule has 1 fully saturated rings. The van der Waals surface area contributed by atoms with E-state index in [0.717, 1.165) is 5.56 Å². The van der Waals surface area contributed by atoms with Gasteiger partial charge in [0.05, 0.1) is 5.54 Å². The summed E-state index contributed by atoms with van der Waals surface area (Å²) in [6, 6.07) is 9.55. The minimum Gasteiger partial charge on any atom is -0.332 e. The van der Waals surface area contributed by atoms with Gasteiger partial charge in [-0.25, -0.2) is 8.42 Å². The molecule has 2 rings (SSSR count). The first kappa shape index (κ1) is 14.3. The molecular formula is C13H16ClNO3S. The fourth-order valence-corrected chi connectivity index (χ4v) is 3.43. The Labute approximate surface area is 117 Å². The van der Waals surface area contributed by atoms with Crippen molar-refractivity contribution in [1.29, 1.82) is 0 Å². The molecule has 1 aromatic rings. The molecule has 1 aliphatic heterocycles. The molecule has 0 aliphatic carbocycles. The Morgan fingerprint density at radius 1 is 1.26 bits per heavy atom. The van der Waals surface area contributed by atoms with Crippen molar-refractivity contribution in [2.75, 3.05) is 6.54 Å². The molecule has 104 valence electrons. The molecule has 1 atom stereocenters. The summed E-state index contributed by atoms with van der Waals surface area (Å²) in [4.78, 5) is 13.6. The van der Waals surface area contributed by atoms with Crippen LogP contribution in [0.25, 0.3) is 0 Å². The zero-order valence-corrected chi connectivity index (χ0v) is 12.4. The Balaban J connectivity index is 2.30. The molecule has 0 bridgehead atoms. The predicted octanol–water partition coefficient (Wildman–Crippen LogP) is 2.09. The maximum Gasteiger partial charge on any atom is 0.237 e. The summed E-state index contributed by atoms with van der Waals surface area (Å²) in [7, 11) is 1.66. The Kier molecular flexibility index (Phi) is 3.62. The van der Waals surface area contributed by atoms with Crippen LogP contribution in [0.15, 0.2) is 30.3 Å². The van der Waals surface area contributed by atoms with Crippen molar-refractivity contribution in [3.8, 4) is 0 Å². The van der Waals surface area contributed by atoms with E-state index < -0.39 is 19.8 Å². The van der Waals surface area contributed by atoms with Crippen molar-refractivity contribution in [3.05, 3.63) is 35.9 Å².